The van der Waals surface area contributed by atoms with E-state index in [1.165, 1.54) is 0 Å². The van der Waals surface area contributed by atoms with Gasteiger partial charge in [-0.05, 0) is 30.3 Å². The molecule has 0 atom stereocenters. The van der Waals surface area contributed by atoms with E-state index < -0.39 is 0 Å². The second-order valence-corrected chi connectivity index (χ2v) is 5.17. The van der Waals surface area contributed by atoms with Crippen LogP contribution in [0.1, 0.15) is 5.56 Å². The molecule has 6 nitrogen and oxygen atoms in total. The van der Waals surface area contributed by atoms with E-state index in [4.69, 9.17) is 5.26 Å². The lowest BCUT2D eigenvalue weighted by molar-refractivity contribution is 1.08. The predicted octanol–water partition coefficient (Wildman–Crippen LogP) is 2.92. The van der Waals surface area contributed by atoms with Crippen LogP contribution >= 0.6 is 0 Å². The normalized spacial score (nSPS) is 10.8. The molecular formula is C17H12N6. The van der Waals surface area contributed by atoms with Crippen LogP contribution in [0.5, 0.6) is 0 Å². The summed E-state index contributed by atoms with van der Waals surface area (Å²) >= 11 is 0. The van der Waals surface area contributed by atoms with Crippen LogP contribution in [0.3, 0.4) is 0 Å². The predicted molar refractivity (Wildman–Crippen MR) is 87.5 cm³/mol. The number of rotatable bonds is 2. The molecule has 0 saturated heterocycles. The number of hydrogen-bond acceptors (Lipinski definition) is 5. The van der Waals surface area contributed by atoms with E-state index in [-0.39, 0.29) is 0 Å². The number of aromatic nitrogens is 4. The van der Waals surface area contributed by atoms with Gasteiger partial charge in [-0.3, -0.25) is 4.40 Å². The Hall–Kier alpha value is -3.46. The molecule has 2 aromatic heterocycles. The average molecular weight is 300 g/mol. The van der Waals surface area contributed by atoms with Gasteiger partial charge in [0.25, 0.3) is 5.78 Å². The summed E-state index contributed by atoms with van der Waals surface area (Å²) in [6.45, 7) is 0. The fourth-order valence-electron chi connectivity index (χ4n) is 2.65. The third-order valence-electron chi connectivity index (χ3n) is 3.82. The highest BCUT2D eigenvalue weighted by atomic mass is 15.3. The molecule has 23 heavy (non-hydrogen) atoms. The van der Waals surface area contributed by atoms with Gasteiger partial charge < -0.3 is 4.90 Å². The topological polar surface area (TPSA) is 70.1 Å². The maximum Gasteiger partial charge on any atom is 0.257 e. The van der Waals surface area contributed by atoms with Crippen LogP contribution in [0.25, 0.3) is 16.7 Å². The molecule has 2 heterocycles. The van der Waals surface area contributed by atoms with Gasteiger partial charge in [0.1, 0.15) is 12.1 Å². The van der Waals surface area contributed by atoms with Crippen molar-refractivity contribution in [3.63, 3.8) is 0 Å². The third kappa shape index (κ3) is 2.07. The van der Waals surface area contributed by atoms with Gasteiger partial charge in [-0.25, -0.2) is 0 Å². The molecular weight excluding hydrogens is 288 g/mol. The number of anilines is 2. The summed E-state index contributed by atoms with van der Waals surface area (Å²) in [7, 11) is 1.96. The molecule has 0 aliphatic rings. The first-order valence-corrected chi connectivity index (χ1v) is 7.10. The van der Waals surface area contributed by atoms with Crippen molar-refractivity contribution in [3.8, 4) is 6.07 Å². The summed E-state index contributed by atoms with van der Waals surface area (Å²) < 4.78 is 1.79. The Morgan fingerprint density at radius 2 is 1.96 bits per heavy atom. The summed E-state index contributed by atoms with van der Waals surface area (Å²) in [5, 5.41) is 18.1. The van der Waals surface area contributed by atoms with Crippen LogP contribution in [0, 0.1) is 11.3 Å². The van der Waals surface area contributed by atoms with Gasteiger partial charge in [-0.15, -0.1) is 10.2 Å². The van der Waals surface area contributed by atoms with Gasteiger partial charge in [-0.2, -0.15) is 10.2 Å². The van der Waals surface area contributed by atoms with E-state index in [1.54, 1.807) is 16.8 Å². The van der Waals surface area contributed by atoms with E-state index in [9.17, 15) is 0 Å². The molecule has 0 fully saturated rings. The van der Waals surface area contributed by atoms with Crippen molar-refractivity contribution in [1.29, 1.82) is 5.26 Å². The van der Waals surface area contributed by atoms with Crippen LogP contribution in [-0.2, 0) is 0 Å². The van der Waals surface area contributed by atoms with E-state index in [1.807, 2.05) is 54.4 Å². The first kappa shape index (κ1) is 13.2. The maximum atomic E-state index is 9.16. The number of para-hydroxylation sites is 1. The zero-order valence-corrected chi connectivity index (χ0v) is 12.4. The Kier molecular flexibility index (Phi) is 2.91. The zero-order valence-electron chi connectivity index (χ0n) is 12.4. The Morgan fingerprint density at radius 1 is 1.13 bits per heavy atom. The highest BCUT2D eigenvalue weighted by Gasteiger charge is 2.14. The monoisotopic (exact) mass is 300 g/mol. The highest BCUT2D eigenvalue weighted by Crippen LogP contribution is 2.30. The van der Waals surface area contributed by atoms with Gasteiger partial charge >= 0.3 is 0 Å². The van der Waals surface area contributed by atoms with Gasteiger partial charge in [0, 0.05) is 18.1 Å². The molecule has 0 amide bonds. The zero-order chi connectivity index (χ0) is 15.8. The van der Waals surface area contributed by atoms with E-state index in [0.29, 0.717) is 11.3 Å². The Morgan fingerprint density at radius 3 is 2.74 bits per heavy atom. The second kappa shape index (κ2) is 5.07. The van der Waals surface area contributed by atoms with Crippen molar-refractivity contribution >= 4 is 28.2 Å². The van der Waals surface area contributed by atoms with Gasteiger partial charge in [0.05, 0.1) is 17.1 Å². The molecule has 6 heteroatoms. The maximum absolute atomic E-state index is 9.16. The minimum atomic E-state index is 0.505. The molecule has 0 bridgehead atoms. The molecule has 110 valence electrons. The minimum absolute atomic E-state index is 0.505. The second-order valence-electron chi connectivity index (χ2n) is 5.17. The number of nitrogens with zero attached hydrogens (tertiary/aromatic N) is 6. The van der Waals surface area contributed by atoms with E-state index in [2.05, 4.69) is 21.3 Å². The first-order chi connectivity index (χ1) is 11.3. The number of benzene rings is 2. The highest BCUT2D eigenvalue weighted by molar-refractivity contribution is 5.94. The smallest absolute Gasteiger partial charge is 0.257 e. The third-order valence-corrected chi connectivity index (χ3v) is 3.82. The molecule has 4 rings (SSSR count). The van der Waals surface area contributed by atoms with Crippen LogP contribution in [0.2, 0.25) is 0 Å². The largest absolute Gasteiger partial charge is 0.329 e. The van der Waals surface area contributed by atoms with Gasteiger partial charge in [0.15, 0.2) is 0 Å². The Bertz CT molecular complexity index is 1050. The van der Waals surface area contributed by atoms with Crippen molar-refractivity contribution in [3.05, 3.63) is 60.4 Å². The first-order valence-electron chi connectivity index (χ1n) is 7.10. The van der Waals surface area contributed by atoms with Gasteiger partial charge in [0.2, 0.25) is 0 Å². The SMILES string of the molecule is CN(c1ccccc1)c1nc2nncn2c2cc(C#N)ccc12. The Labute approximate surface area is 132 Å². The lowest BCUT2D eigenvalue weighted by Gasteiger charge is -2.20. The van der Waals surface area contributed by atoms with Crippen molar-refractivity contribution in [2.45, 2.75) is 0 Å². The Balaban J connectivity index is 2.03. The van der Waals surface area contributed by atoms with Crippen molar-refractivity contribution < 1.29 is 0 Å². The molecule has 0 saturated carbocycles. The number of nitriles is 1. The average Bonchev–Trinajstić information content (AvgIpc) is 3.09. The molecule has 2 aromatic carbocycles. The molecule has 4 aromatic rings. The molecule has 0 N–H and O–H groups in total. The fourth-order valence-corrected chi connectivity index (χ4v) is 2.65. The fraction of sp³-hybridized carbons (Fsp3) is 0.0588. The minimum Gasteiger partial charge on any atom is -0.329 e. The molecule has 0 spiro atoms. The summed E-state index contributed by atoms with van der Waals surface area (Å²) in [6.07, 6.45) is 1.61. The summed E-state index contributed by atoms with van der Waals surface area (Å²) in [5.74, 6) is 1.28. The van der Waals surface area contributed by atoms with Crippen LogP contribution < -0.4 is 4.90 Å². The molecule has 0 radical (unpaired) electrons. The standard InChI is InChI=1S/C17H12N6/c1-22(13-5-3-2-4-6-13)16-14-8-7-12(10-18)9-15(14)23-11-19-21-17(23)20-16/h2-9,11H,1H3. The van der Waals surface area contributed by atoms with Gasteiger partial charge in [-0.1, -0.05) is 18.2 Å². The van der Waals surface area contributed by atoms with Crippen molar-refractivity contribution in [2.75, 3.05) is 11.9 Å². The summed E-state index contributed by atoms with van der Waals surface area (Å²) in [4.78, 5) is 6.63. The van der Waals surface area contributed by atoms with E-state index in [0.717, 1.165) is 22.4 Å². The van der Waals surface area contributed by atoms with Crippen LogP contribution in [0.4, 0.5) is 11.5 Å². The van der Waals surface area contributed by atoms with Crippen LogP contribution in [-0.4, -0.2) is 26.6 Å². The number of hydrogen-bond donors (Lipinski definition) is 0. The lowest BCUT2D eigenvalue weighted by atomic mass is 10.1. The summed E-state index contributed by atoms with van der Waals surface area (Å²) in [5.41, 5.74) is 2.47. The molecule has 0 aliphatic heterocycles. The lowest BCUT2D eigenvalue weighted by Crippen LogP contribution is -2.12. The molecule has 0 unspecified atom stereocenters. The molecule has 0 aliphatic carbocycles. The number of fused-ring (bicyclic) bond motifs is 3. The summed E-state index contributed by atoms with van der Waals surface area (Å²) in [6, 6.07) is 17.7. The van der Waals surface area contributed by atoms with Crippen LogP contribution in [0.15, 0.2) is 54.9 Å². The van der Waals surface area contributed by atoms with E-state index >= 15 is 0 Å². The van der Waals surface area contributed by atoms with Crippen molar-refractivity contribution in [1.82, 2.24) is 19.6 Å². The van der Waals surface area contributed by atoms with Crippen molar-refractivity contribution in [2.24, 2.45) is 0 Å². The quantitative estimate of drug-likeness (QED) is 0.569.